The van der Waals surface area contributed by atoms with Crippen LogP contribution in [0, 0.1) is 9.49 Å². The molecule has 118 valence electrons. The van der Waals surface area contributed by atoms with Gasteiger partial charge in [0.2, 0.25) is 0 Å². The van der Waals surface area contributed by atoms with Crippen LogP contribution in [0.5, 0.6) is 0 Å². The van der Waals surface area contributed by atoms with Gasteiger partial charge in [0.05, 0.1) is 6.33 Å². The Morgan fingerprint density at radius 3 is 2.67 bits per heavy atom. The lowest BCUT2D eigenvalue weighted by Gasteiger charge is -2.40. The van der Waals surface area contributed by atoms with Crippen LogP contribution in [0.3, 0.4) is 0 Å². The van der Waals surface area contributed by atoms with Gasteiger partial charge in [-0.2, -0.15) is 0 Å². The van der Waals surface area contributed by atoms with Gasteiger partial charge in [-0.1, -0.05) is 13.8 Å². The van der Waals surface area contributed by atoms with Crippen molar-refractivity contribution in [2.75, 3.05) is 45.1 Å². The third-order valence-corrected chi connectivity index (χ3v) is 5.05. The number of nitrogens with one attached hydrogen (secondary N) is 2. The van der Waals surface area contributed by atoms with Crippen LogP contribution in [0.4, 0.5) is 5.82 Å². The number of rotatable bonds is 5. The quantitative estimate of drug-likeness (QED) is 0.718. The van der Waals surface area contributed by atoms with Crippen LogP contribution >= 0.6 is 22.6 Å². The van der Waals surface area contributed by atoms with Gasteiger partial charge in [0, 0.05) is 38.8 Å². The van der Waals surface area contributed by atoms with Crippen molar-refractivity contribution in [1.82, 2.24) is 19.8 Å². The van der Waals surface area contributed by atoms with E-state index in [2.05, 4.69) is 46.0 Å². The molecule has 2 N–H and O–H groups in total. The summed E-state index contributed by atoms with van der Waals surface area (Å²) in [6.07, 6.45) is 1.45. The molecule has 0 aliphatic carbocycles. The minimum absolute atomic E-state index is 0.0891. The van der Waals surface area contributed by atoms with Crippen LogP contribution in [0.2, 0.25) is 0 Å². The molecule has 1 aliphatic heterocycles. The lowest BCUT2D eigenvalue weighted by Crippen LogP contribution is -2.52. The molecular weight excluding hydrogens is 381 g/mol. The molecule has 1 aromatic heterocycles. The monoisotopic (exact) mass is 405 g/mol. The van der Waals surface area contributed by atoms with E-state index in [1.807, 2.05) is 22.6 Å². The van der Waals surface area contributed by atoms with Crippen molar-refractivity contribution in [3.63, 3.8) is 0 Å². The predicted molar refractivity (Wildman–Crippen MR) is 93.8 cm³/mol. The average molecular weight is 405 g/mol. The normalized spacial score (nSPS) is 18.9. The van der Waals surface area contributed by atoms with Crippen molar-refractivity contribution in [1.29, 1.82) is 0 Å². The van der Waals surface area contributed by atoms with Crippen molar-refractivity contribution in [2.45, 2.75) is 19.9 Å². The molecule has 0 saturated carbocycles. The molecule has 1 fully saturated rings. The number of nitrogens with zero attached hydrogens (tertiary/aromatic N) is 3. The third-order valence-electron chi connectivity index (χ3n) is 4.05. The average Bonchev–Trinajstić information content (AvgIpc) is 2.45. The third kappa shape index (κ3) is 4.40. The highest BCUT2D eigenvalue weighted by atomic mass is 127. The number of piperazine rings is 1. The number of aromatic nitrogens is 2. The Morgan fingerprint density at radius 2 is 2.05 bits per heavy atom. The molecule has 1 atom stereocenters. The SMILES string of the molecule is CC(C)C(CNc1nc[nH]c(=O)c1I)N1CCN(C)CC1. The summed E-state index contributed by atoms with van der Waals surface area (Å²) in [6, 6.07) is 0.454. The number of likely N-dealkylation sites (N-methyl/N-ethyl adjacent to an activating group) is 1. The summed E-state index contributed by atoms with van der Waals surface area (Å²) in [6.45, 7) is 9.74. The summed E-state index contributed by atoms with van der Waals surface area (Å²) < 4.78 is 0.621. The molecule has 0 bridgehead atoms. The van der Waals surface area contributed by atoms with Gasteiger partial charge in [-0.15, -0.1) is 0 Å². The molecule has 1 unspecified atom stereocenters. The van der Waals surface area contributed by atoms with Crippen LogP contribution in [0.25, 0.3) is 0 Å². The van der Waals surface area contributed by atoms with E-state index in [0.29, 0.717) is 21.3 Å². The first-order valence-electron chi connectivity index (χ1n) is 7.38. The maximum Gasteiger partial charge on any atom is 0.266 e. The molecule has 21 heavy (non-hydrogen) atoms. The van der Waals surface area contributed by atoms with E-state index in [0.717, 1.165) is 32.7 Å². The fraction of sp³-hybridized carbons (Fsp3) is 0.714. The Morgan fingerprint density at radius 1 is 1.38 bits per heavy atom. The van der Waals surface area contributed by atoms with Crippen LogP contribution in [-0.2, 0) is 0 Å². The van der Waals surface area contributed by atoms with E-state index in [-0.39, 0.29) is 5.56 Å². The fourth-order valence-electron chi connectivity index (χ4n) is 2.65. The lowest BCUT2D eigenvalue weighted by atomic mass is 10.0. The van der Waals surface area contributed by atoms with Crippen LogP contribution in [0.15, 0.2) is 11.1 Å². The minimum Gasteiger partial charge on any atom is -0.367 e. The topological polar surface area (TPSA) is 64.3 Å². The fourth-order valence-corrected chi connectivity index (χ4v) is 3.13. The molecule has 0 amide bonds. The number of aromatic amines is 1. The molecule has 7 heteroatoms. The maximum atomic E-state index is 11.6. The van der Waals surface area contributed by atoms with Gasteiger partial charge in [0.1, 0.15) is 9.39 Å². The van der Waals surface area contributed by atoms with E-state index >= 15 is 0 Å². The van der Waals surface area contributed by atoms with Crippen molar-refractivity contribution in [3.05, 3.63) is 20.3 Å². The van der Waals surface area contributed by atoms with E-state index < -0.39 is 0 Å². The summed E-state index contributed by atoms with van der Waals surface area (Å²) >= 11 is 2.04. The van der Waals surface area contributed by atoms with Gasteiger partial charge in [0.15, 0.2) is 0 Å². The number of H-pyrrole nitrogens is 1. The van der Waals surface area contributed by atoms with Crippen molar-refractivity contribution in [2.24, 2.45) is 5.92 Å². The molecule has 2 rings (SSSR count). The molecule has 0 radical (unpaired) electrons. The van der Waals surface area contributed by atoms with E-state index in [9.17, 15) is 4.79 Å². The molecule has 1 saturated heterocycles. The number of hydrogen-bond donors (Lipinski definition) is 2. The second-order valence-electron chi connectivity index (χ2n) is 5.93. The van der Waals surface area contributed by atoms with Crippen molar-refractivity contribution < 1.29 is 0 Å². The predicted octanol–water partition coefficient (Wildman–Crippen LogP) is 1.06. The summed E-state index contributed by atoms with van der Waals surface area (Å²) in [7, 11) is 2.17. The van der Waals surface area contributed by atoms with E-state index in [1.165, 1.54) is 6.33 Å². The Labute approximate surface area is 139 Å². The zero-order valence-corrected chi connectivity index (χ0v) is 15.1. The Bertz CT molecular complexity index is 510. The number of hydrogen-bond acceptors (Lipinski definition) is 5. The highest BCUT2D eigenvalue weighted by molar-refractivity contribution is 14.1. The van der Waals surface area contributed by atoms with Gasteiger partial charge >= 0.3 is 0 Å². The second kappa shape index (κ2) is 7.55. The van der Waals surface area contributed by atoms with Gasteiger partial charge in [-0.05, 0) is 35.6 Å². The van der Waals surface area contributed by atoms with Crippen molar-refractivity contribution in [3.8, 4) is 0 Å². The molecule has 6 nitrogen and oxygen atoms in total. The smallest absolute Gasteiger partial charge is 0.266 e. The summed E-state index contributed by atoms with van der Waals surface area (Å²) in [5, 5.41) is 3.35. The van der Waals surface area contributed by atoms with Gasteiger partial charge in [0.25, 0.3) is 5.56 Å². The van der Waals surface area contributed by atoms with Crippen molar-refractivity contribution >= 4 is 28.4 Å². The zero-order valence-electron chi connectivity index (χ0n) is 12.9. The maximum absolute atomic E-state index is 11.6. The highest BCUT2D eigenvalue weighted by Gasteiger charge is 2.25. The van der Waals surface area contributed by atoms with Crippen LogP contribution in [0.1, 0.15) is 13.8 Å². The Hall–Kier alpha value is -0.670. The largest absolute Gasteiger partial charge is 0.367 e. The minimum atomic E-state index is -0.0891. The van der Waals surface area contributed by atoms with Crippen LogP contribution in [-0.4, -0.2) is 65.6 Å². The molecule has 2 heterocycles. The number of halogens is 1. The summed E-state index contributed by atoms with van der Waals surface area (Å²) in [4.78, 5) is 23.3. The highest BCUT2D eigenvalue weighted by Crippen LogP contribution is 2.15. The summed E-state index contributed by atoms with van der Waals surface area (Å²) in [5.74, 6) is 1.24. The lowest BCUT2D eigenvalue weighted by molar-refractivity contribution is 0.0944. The Balaban J connectivity index is 2.00. The molecule has 1 aromatic rings. The molecular formula is C14H24IN5O. The second-order valence-corrected chi connectivity index (χ2v) is 7.00. The number of anilines is 1. The first-order chi connectivity index (χ1) is 9.99. The molecule has 0 spiro atoms. The van der Waals surface area contributed by atoms with Gasteiger partial charge in [-0.25, -0.2) is 4.98 Å². The standard InChI is InChI=1S/C14H24IN5O/c1-10(2)11(20-6-4-19(3)5-7-20)8-16-13-12(15)14(21)18-9-17-13/h9-11H,4-8H2,1-3H3,(H2,16,17,18,21). The van der Waals surface area contributed by atoms with Gasteiger partial charge in [-0.3, -0.25) is 9.69 Å². The zero-order chi connectivity index (χ0) is 15.4. The van der Waals surface area contributed by atoms with Crippen LogP contribution < -0.4 is 10.9 Å². The molecule has 1 aliphatic rings. The summed E-state index contributed by atoms with van der Waals surface area (Å²) in [5.41, 5.74) is -0.0891. The molecule has 0 aromatic carbocycles. The first kappa shape index (κ1) is 16.7. The van der Waals surface area contributed by atoms with E-state index in [1.54, 1.807) is 0 Å². The first-order valence-corrected chi connectivity index (χ1v) is 8.46. The Kier molecular flexibility index (Phi) is 6.00. The van der Waals surface area contributed by atoms with Gasteiger partial charge < -0.3 is 15.2 Å². The van der Waals surface area contributed by atoms with E-state index in [4.69, 9.17) is 0 Å².